The molecule has 14 nitrogen and oxygen atoms in total. The molecule has 0 aliphatic carbocycles. The van der Waals surface area contributed by atoms with Gasteiger partial charge in [0.1, 0.15) is 6.23 Å². The van der Waals surface area contributed by atoms with Crippen LogP contribution in [0.5, 0.6) is 0 Å². The zero-order valence-electron chi connectivity index (χ0n) is 12.9. The van der Waals surface area contributed by atoms with Gasteiger partial charge in [0, 0.05) is 0 Å². The fourth-order valence-electron chi connectivity index (χ4n) is 2.24. The number of aromatic nitrogens is 4. The molecule has 0 aromatic carbocycles. The molecule has 16 heteroatoms. The minimum Gasteiger partial charge on any atom is -0.394 e. The van der Waals surface area contributed by atoms with Crippen molar-refractivity contribution in [1.29, 1.82) is 0 Å². The van der Waals surface area contributed by atoms with Crippen LogP contribution < -0.4 is 5.56 Å². The van der Waals surface area contributed by atoms with E-state index in [9.17, 15) is 13.9 Å². The highest BCUT2D eigenvalue weighted by molar-refractivity contribution is 7.60. The van der Waals surface area contributed by atoms with Gasteiger partial charge in [0.05, 0.1) is 25.4 Å². The molecule has 3 heterocycles. The van der Waals surface area contributed by atoms with E-state index in [0.717, 1.165) is 12.8 Å². The number of rotatable bonds is 4. The first-order valence-corrected chi connectivity index (χ1v) is 10.0. The number of nitrogens with zero attached hydrogens (tertiary/aromatic N) is 3. The van der Waals surface area contributed by atoms with E-state index in [0.29, 0.717) is 11.2 Å². The number of imidazole rings is 1. The Morgan fingerprint density at radius 2 is 1.88 bits per heavy atom. The zero-order valence-corrected chi connectivity index (χ0v) is 14.7. The van der Waals surface area contributed by atoms with E-state index in [1.165, 1.54) is 6.33 Å². The number of hydrogen-bond donors (Lipinski definition) is 6. The summed E-state index contributed by atoms with van der Waals surface area (Å²) in [7, 11) is -10.1. The summed E-state index contributed by atoms with van der Waals surface area (Å²) >= 11 is 0. The van der Waals surface area contributed by atoms with Crippen LogP contribution in [0.4, 0.5) is 0 Å². The highest BCUT2D eigenvalue weighted by Crippen LogP contribution is 2.53. The Morgan fingerprint density at radius 1 is 1.23 bits per heavy atom. The third-order valence-electron chi connectivity index (χ3n) is 3.18. The van der Waals surface area contributed by atoms with Crippen molar-refractivity contribution >= 4 is 26.8 Å². The number of aliphatic hydroxyl groups is 1. The maximum absolute atomic E-state index is 11.5. The number of phosphoric acid groups is 2. The minimum atomic E-state index is -5.05. The topological polar surface area (TPSA) is 217 Å². The van der Waals surface area contributed by atoms with Crippen molar-refractivity contribution < 1.29 is 42.9 Å². The third-order valence-corrected chi connectivity index (χ3v) is 4.88. The summed E-state index contributed by atoms with van der Waals surface area (Å²) in [6.07, 6.45) is 4.14. The molecular formula is C10H16N4O10P2. The number of aliphatic hydroxyl groups excluding tert-OH is 1. The Morgan fingerprint density at radius 3 is 2.38 bits per heavy atom. The van der Waals surface area contributed by atoms with Gasteiger partial charge in [-0.2, -0.15) is 4.31 Å². The fraction of sp³-hybridized carbons (Fsp3) is 0.500. The zero-order chi connectivity index (χ0) is 19.5. The first-order valence-electron chi connectivity index (χ1n) is 6.99. The molecule has 26 heavy (non-hydrogen) atoms. The third kappa shape index (κ3) is 5.77. The van der Waals surface area contributed by atoms with Crippen molar-refractivity contribution in [3.63, 3.8) is 0 Å². The molecule has 1 saturated heterocycles. The molecule has 2 aromatic rings. The van der Waals surface area contributed by atoms with Crippen LogP contribution in [0.25, 0.3) is 11.2 Å². The second-order valence-electron chi connectivity index (χ2n) is 5.09. The summed E-state index contributed by atoms with van der Waals surface area (Å²) < 4.78 is 29.6. The Labute approximate surface area is 144 Å². The molecule has 1 aliphatic heterocycles. The molecule has 0 amide bonds. The molecule has 0 spiro atoms. The smallest absolute Gasteiger partial charge is 0.394 e. The summed E-state index contributed by atoms with van der Waals surface area (Å²) in [5, 5.41) is 9.02. The maximum Gasteiger partial charge on any atom is 0.478 e. The van der Waals surface area contributed by atoms with Crippen LogP contribution in [0.2, 0.25) is 0 Å². The average molecular weight is 414 g/mol. The standard InChI is InChI=1S/C10H12N4O3.H4O7P2/c15-3-6-1-2-7(17-6)14-5-13-8-9(14)11-4-12-10(8)16;1-8(2,3)7-9(4,5)6/h4-7,15H,1-3H2,(H,11,12,16);(H2,1,2,3)(H2,4,5,6)/t6-,7+;/m0./s1. The molecular weight excluding hydrogens is 398 g/mol. The Balaban J connectivity index is 0.000000232. The molecule has 0 saturated carbocycles. The Bertz CT molecular complexity index is 881. The van der Waals surface area contributed by atoms with Crippen molar-refractivity contribution in [2.24, 2.45) is 0 Å². The SMILES string of the molecule is O=P(O)(O)OP(=O)(O)O.O=c1[nH]cnc2c1ncn2[C@H]1CC[C@@H](CO)O1. The van der Waals surface area contributed by atoms with Crippen molar-refractivity contribution in [2.45, 2.75) is 25.2 Å². The van der Waals surface area contributed by atoms with Crippen molar-refractivity contribution in [3.05, 3.63) is 23.0 Å². The first-order chi connectivity index (χ1) is 12.0. The van der Waals surface area contributed by atoms with Gasteiger partial charge in [-0.25, -0.2) is 19.1 Å². The van der Waals surface area contributed by atoms with Crippen LogP contribution in [0.1, 0.15) is 19.1 Å². The summed E-state index contributed by atoms with van der Waals surface area (Å²) in [4.78, 5) is 53.1. The predicted molar refractivity (Wildman–Crippen MR) is 83.6 cm³/mol. The molecule has 2 aromatic heterocycles. The van der Waals surface area contributed by atoms with Gasteiger partial charge in [-0.15, -0.1) is 0 Å². The Kier molecular flexibility index (Phi) is 6.45. The van der Waals surface area contributed by atoms with Crippen molar-refractivity contribution in [1.82, 2.24) is 19.5 Å². The maximum atomic E-state index is 11.5. The molecule has 3 rings (SSSR count). The molecule has 6 N–H and O–H groups in total. The van der Waals surface area contributed by atoms with Gasteiger partial charge < -0.3 is 34.4 Å². The van der Waals surface area contributed by atoms with Gasteiger partial charge in [0.2, 0.25) is 0 Å². The quantitative estimate of drug-likeness (QED) is 0.331. The molecule has 0 bridgehead atoms. The predicted octanol–water partition coefficient (Wildman–Crippen LogP) is -1.02. The van der Waals surface area contributed by atoms with Gasteiger partial charge in [0.25, 0.3) is 5.56 Å². The van der Waals surface area contributed by atoms with E-state index in [2.05, 4.69) is 19.3 Å². The molecule has 0 radical (unpaired) electrons. The Hall–Kier alpha value is -1.47. The van der Waals surface area contributed by atoms with Gasteiger partial charge in [-0.3, -0.25) is 9.36 Å². The summed E-state index contributed by atoms with van der Waals surface area (Å²) in [6, 6.07) is 0. The highest BCUT2D eigenvalue weighted by atomic mass is 31.3. The molecule has 1 aliphatic rings. The second kappa shape index (κ2) is 8.05. The van der Waals surface area contributed by atoms with Crippen LogP contribution >= 0.6 is 15.6 Å². The number of fused-ring (bicyclic) bond motifs is 1. The number of hydrogen-bond acceptors (Lipinski definition) is 8. The molecule has 1 fully saturated rings. The van der Waals surface area contributed by atoms with Crippen molar-refractivity contribution in [3.8, 4) is 0 Å². The van der Waals surface area contributed by atoms with Gasteiger partial charge in [-0.05, 0) is 12.8 Å². The van der Waals surface area contributed by atoms with Gasteiger partial charge in [0.15, 0.2) is 11.2 Å². The van der Waals surface area contributed by atoms with E-state index < -0.39 is 15.6 Å². The van der Waals surface area contributed by atoms with Gasteiger partial charge in [-0.1, -0.05) is 0 Å². The van der Waals surface area contributed by atoms with E-state index in [1.807, 2.05) is 0 Å². The fourth-order valence-corrected chi connectivity index (χ4v) is 3.35. The first kappa shape index (κ1) is 20.8. The lowest BCUT2D eigenvalue weighted by Crippen LogP contribution is -2.14. The minimum absolute atomic E-state index is 0.0111. The van der Waals surface area contributed by atoms with Crippen molar-refractivity contribution in [2.75, 3.05) is 6.61 Å². The molecule has 0 unspecified atom stereocenters. The van der Waals surface area contributed by atoms with Gasteiger partial charge >= 0.3 is 15.6 Å². The lowest BCUT2D eigenvalue weighted by atomic mass is 10.2. The largest absolute Gasteiger partial charge is 0.478 e. The van der Waals surface area contributed by atoms with Crippen LogP contribution in [-0.2, 0) is 18.2 Å². The van der Waals surface area contributed by atoms with Crippen LogP contribution in [0.15, 0.2) is 17.4 Å². The summed E-state index contributed by atoms with van der Waals surface area (Å²) in [5.41, 5.74) is 0.561. The van der Waals surface area contributed by atoms with E-state index >= 15 is 0 Å². The van der Waals surface area contributed by atoms with Crippen LogP contribution in [-0.4, -0.2) is 56.9 Å². The summed E-state index contributed by atoms with van der Waals surface area (Å²) in [6.45, 7) is 0.0111. The van der Waals surface area contributed by atoms with E-state index in [4.69, 9.17) is 29.4 Å². The van der Waals surface area contributed by atoms with Crippen LogP contribution in [0, 0.1) is 0 Å². The molecule has 146 valence electrons. The van der Waals surface area contributed by atoms with Crippen LogP contribution in [0.3, 0.4) is 0 Å². The number of nitrogens with one attached hydrogen (secondary N) is 1. The molecule has 2 atom stereocenters. The monoisotopic (exact) mass is 414 g/mol. The number of aromatic amines is 1. The second-order valence-corrected chi connectivity index (χ2v) is 7.71. The lowest BCUT2D eigenvalue weighted by Gasteiger charge is -2.13. The lowest BCUT2D eigenvalue weighted by molar-refractivity contribution is -0.0207. The van der Waals surface area contributed by atoms with E-state index in [-0.39, 0.29) is 24.5 Å². The highest BCUT2D eigenvalue weighted by Gasteiger charge is 2.28. The van der Waals surface area contributed by atoms with E-state index in [1.54, 1.807) is 10.9 Å². The number of ether oxygens (including phenoxy) is 1. The average Bonchev–Trinajstić information content (AvgIpc) is 3.10. The summed E-state index contributed by atoms with van der Waals surface area (Å²) in [5.74, 6) is 0. The number of H-pyrrole nitrogens is 1. The normalized spacial score (nSPS) is 20.8.